The van der Waals surface area contributed by atoms with E-state index in [4.69, 9.17) is 11.6 Å². The number of rotatable bonds is 4. The average molecular weight is 291 g/mol. The number of hydrogen-bond donors (Lipinski definition) is 4. The Kier molecular flexibility index (Phi) is 4.38. The van der Waals surface area contributed by atoms with Crippen LogP contribution < -0.4 is 22.6 Å². The van der Waals surface area contributed by atoms with Gasteiger partial charge in [0, 0.05) is 17.4 Å². The van der Waals surface area contributed by atoms with Crippen LogP contribution >= 0.6 is 11.8 Å². The van der Waals surface area contributed by atoms with Crippen molar-refractivity contribution in [2.24, 2.45) is 5.84 Å². The van der Waals surface area contributed by atoms with E-state index in [1.807, 2.05) is 12.1 Å². The SMILES string of the molecule is NNC(=O)c1ccccc1CSc1nc(N)cc(=O)[nH]1. The molecular formula is C12H13N5O2S. The first-order valence-corrected chi connectivity index (χ1v) is 6.67. The molecule has 6 N–H and O–H groups in total. The topological polar surface area (TPSA) is 127 Å². The second-order valence-corrected chi connectivity index (χ2v) is 4.86. The molecule has 1 heterocycles. The molecule has 0 aliphatic heterocycles. The summed E-state index contributed by atoms with van der Waals surface area (Å²) in [6.45, 7) is 0. The molecule has 1 aromatic carbocycles. The number of nitrogens with one attached hydrogen (secondary N) is 2. The van der Waals surface area contributed by atoms with Gasteiger partial charge in [0.15, 0.2) is 5.16 Å². The highest BCUT2D eigenvalue weighted by Crippen LogP contribution is 2.21. The van der Waals surface area contributed by atoms with E-state index in [2.05, 4.69) is 15.4 Å². The first-order valence-electron chi connectivity index (χ1n) is 5.68. The molecule has 0 atom stereocenters. The number of aromatic amines is 1. The summed E-state index contributed by atoms with van der Waals surface area (Å²) in [5.74, 6) is 5.38. The molecule has 0 bridgehead atoms. The molecule has 0 unspecified atom stereocenters. The van der Waals surface area contributed by atoms with Crippen LogP contribution in [0.4, 0.5) is 5.82 Å². The quantitative estimate of drug-likeness (QED) is 0.210. The zero-order valence-electron chi connectivity index (χ0n) is 10.4. The van der Waals surface area contributed by atoms with Crippen LogP contribution in [-0.4, -0.2) is 15.9 Å². The summed E-state index contributed by atoms with van der Waals surface area (Å²) in [5.41, 5.74) is 8.55. The van der Waals surface area contributed by atoms with Gasteiger partial charge in [0.05, 0.1) is 0 Å². The Labute approximate surface area is 118 Å². The van der Waals surface area contributed by atoms with E-state index >= 15 is 0 Å². The second-order valence-electron chi connectivity index (χ2n) is 3.89. The third-order valence-corrected chi connectivity index (χ3v) is 3.42. The molecule has 0 spiro atoms. The first kappa shape index (κ1) is 14.1. The van der Waals surface area contributed by atoms with Crippen LogP contribution in [0.3, 0.4) is 0 Å². The number of nitrogen functional groups attached to an aromatic ring is 2. The highest BCUT2D eigenvalue weighted by molar-refractivity contribution is 7.98. The highest BCUT2D eigenvalue weighted by atomic mass is 32.2. The molecule has 8 heteroatoms. The van der Waals surface area contributed by atoms with Gasteiger partial charge in [-0.1, -0.05) is 30.0 Å². The van der Waals surface area contributed by atoms with Gasteiger partial charge in [0.1, 0.15) is 5.82 Å². The number of carbonyl (C=O) groups excluding carboxylic acids is 1. The number of amides is 1. The number of nitrogens with two attached hydrogens (primary N) is 2. The molecule has 2 aromatic rings. The maximum Gasteiger partial charge on any atom is 0.265 e. The van der Waals surface area contributed by atoms with Gasteiger partial charge in [0.25, 0.3) is 11.5 Å². The molecule has 0 radical (unpaired) electrons. The van der Waals surface area contributed by atoms with Gasteiger partial charge in [-0.15, -0.1) is 0 Å². The third kappa shape index (κ3) is 3.37. The Morgan fingerprint density at radius 1 is 1.40 bits per heavy atom. The minimum absolute atomic E-state index is 0.157. The van der Waals surface area contributed by atoms with Gasteiger partial charge >= 0.3 is 0 Å². The van der Waals surface area contributed by atoms with E-state index in [9.17, 15) is 9.59 Å². The number of carbonyl (C=O) groups is 1. The molecule has 0 aliphatic rings. The van der Waals surface area contributed by atoms with E-state index in [0.717, 1.165) is 5.56 Å². The van der Waals surface area contributed by atoms with Crippen LogP contribution in [0.2, 0.25) is 0 Å². The zero-order valence-corrected chi connectivity index (χ0v) is 11.2. The van der Waals surface area contributed by atoms with Crippen LogP contribution in [0, 0.1) is 0 Å². The molecule has 2 rings (SSSR count). The number of nitrogens with zero attached hydrogens (tertiary/aromatic N) is 1. The zero-order chi connectivity index (χ0) is 14.5. The second kappa shape index (κ2) is 6.22. The normalized spacial score (nSPS) is 10.2. The van der Waals surface area contributed by atoms with E-state index in [0.29, 0.717) is 16.5 Å². The van der Waals surface area contributed by atoms with Crippen molar-refractivity contribution >= 4 is 23.5 Å². The van der Waals surface area contributed by atoms with Crippen molar-refractivity contribution in [3.8, 4) is 0 Å². The Balaban J connectivity index is 2.19. The Hall–Kier alpha value is -2.32. The predicted molar refractivity (Wildman–Crippen MR) is 76.9 cm³/mol. The summed E-state index contributed by atoms with van der Waals surface area (Å²) in [4.78, 5) is 29.5. The molecule has 0 aliphatic carbocycles. The minimum atomic E-state index is -0.366. The summed E-state index contributed by atoms with van der Waals surface area (Å²) >= 11 is 1.28. The van der Waals surface area contributed by atoms with Crippen LogP contribution in [0.1, 0.15) is 15.9 Å². The number of H-pyrrole nitrogens is 1. The number of aromatic nitrogens is 2. The lowest BCUT2D eigenvalue weighted by atomic mass is 10.1. The number of hydrazine groups is 1. The number of anilines is 1. The average Bonchev–Trinajstić information content (AvgIpc) is 2.43. The van der Waals surface area contributed by atoms with Crippen molar-refractivity contribution in [1.29, 1.82) is 0 Å². The molecule has 1 aromatic heterocycles. The van der Waals surface area contributed by atoms with Crippen LogP contribution in [0.25, 0.3) is 0 Å². The summed E-state index contributed by atoms with van der Waals surface area (Å²) < 4.78 is 0. The Morgan fingerprint density at radius 2 is 2.15 bits per heavy atom. The fourth-order valence-electron chi connectivity index (χ4n) is 1.61. The largest absolute Gasteiger partial charge is 0.383 e. The minimum Gasteiger partial charge on any atom is -0.383 e. The molecule has 1 amide bonds. The standard InChI is InChI=1S/C12H13N5O2S/c13-9-5-10(18)16-12(15-9)20-6-7-3-1-2-4-8(7)11(19)17-14/h1-5H,6,14H2,(H,17,19)(H3,13,15,16,18). The Morgan fingerprint density at radius 3 is 2.85 bits per heavy atom. The number of benzene rings is 1. The van der Waals surface area contributed by atoms with E-state index < -0.39 is 0 Å². The van der Waals surface area contributed by atoms with Gasteiger partial charge in [-0.05, 0) is 11.6 Å². The predicted octanol–water partition coefficient (Wildman–Crippen LogP) is 0.248. The highest BCUT2D eigenvalue weighted by Gasteiger charge is 2.10. The monoisotopic (exact) mass is 291 g/mol. The van der Waals surface area contributed by atoms with E-state index in [1.165, 1.54) is 17.8 Å². The summed E-state index contributed by atoms with van der Waals surface area (Å²) in [5, 5.41) is 0.401. The van der Waals surface area contributed by atoms with E-state index in [1.54, 1.807) is 12.1 Å². The van der Waals surface area contributed by atoms with Crippen LogP contribution in [0.5, 0.6) is 0 Å². The maximum absolute atomic E-state index is 11.6. The van der Waals surface area contributed by atoms with Gasteiger partial charge < -0.3 is 10.7 Å². The molecule has 0 saturated carbocycles. The maximum atomic E-state index is 11.6. The van der Waals surface area contributed by atoms with Gasteiger partial charge in [-0.3, -0.25) is 15.0 Å². The third-order valence-electron chi connectivity index (χ3n) is 2.50. The number of thioether (sulfide) groups is 1. The lowest BCUT2D eigenvalue weighted by Gasteiger charge is -2.07. The van der Waals surface area contributed by atoms with Crippen molar-refractivity contribution in [2.75, 3.05) is 5.73 Å². The smallest absolute Gasteiger partial charge is 0.265 e. The van der Waals surface area contributed by atoms with Crippen molar-refractivity contribution in [3.63, 3.8) is 0 Å². The molecule has 0 fully saturated rings. The van der Waals surface area contributed by atoms with E-state index in [-0.39, 0.29) is 17.3 Å². The van der Waals surface area contributed by atoms with Crippen molar-refractivity contribution in [1.82, 2.24) is 15.4 Å². The van der Waals surface area contributed by atoms with Gasteiger partial charge in [0.2, 0.25) is 0 Å². The summed E-state index contributed by atoms with van der Waals surface area (Å²) in [6, 6.07) is 8.26. The number of hydrogen-bond acceptors (Lipinski definition) is 6. The molecule has 104 valence electrons. The molecule has 20 heavy (non-hydrogen) atoms. The van der Waals surface area contributed by atoms with Crippen molar-refractivity contribution < 1.29 is 4.79 Å². The van der Waals surface area contributed by atoms with Crippen molar-refractivity contribution in [2.45, 2.75) is 10.9 Å². The van der Waals surface area contributed by atoms with Crippen LogP contribution in [-0.2, 0) is 5.75 Å². The fourth-order valence-corrected chi connectivity index (χ4v) is 2.50. The Bertz CT molecular complexity index is 686. The van der Waals surface area contributed by atoms with Gasteiger partial charge in [-0.2, -0.15) is 0 Å². The fraction of sp³-hybridized carbons (Fsp3) is 0.0833. The molecule has 7 nitrogen and oxygen atoms in total. The first-order chi connectivity index (χ1) is 9.60. The molecular weight excluding hydrogens is 278 g/mol. The lowest BCUT2D eigenvalue weighted by molar-refractivity contribution is 0.0953. The van der Waals surface area contributed by atoms with Crippen molar-refractivity contribution in [3.05, 3.63) is 51.8 Å². The molecule has 0 saturated heterocycles. The lowest BCUT2D eigenvalue weighted by Crippen LogP contribution is -2.30. The summed E-state index contributed by atoms with van der Waals surface area (Å²) in [6.07, 6.45) is 0. The summed E-state index contributed by atoms with van der Waals surface area (Å²) in [7, 11) is 0. The van der Waals surface area contributed by atoms with Gasteiger partial charge in [-0.25, -0.2) is 10.8 Å². The van der Waals surface area contributed by atoms with Crippen LogP contribution in [0.15, 0.2) is 40.3 Å².